The lowest BCUT2D eigenvalue weighted by Gasteiger charge is -2.23. The van der Waals surface area contributed by atoms with Crippen LogP contribution in [0, 0.1) is 6.92 Å². The van der Waals surface area contributed by atoms with Crippen LogP contribution >= 0.6 is 22.9 Å². The van der Waals surface area contributed by atoms with Crippen LogP contribution in [0.3, 0.4) is 0 Å². The molecule has 4 heterocycles. The molecule has 35 heavy (non-hydrogen) atoms. The Bertz CT molecular complexity index is 1210. The topological polar surface area (TPSA) is 114 Å². The minimum Gasteiger partial charge on any atom is -0.436 e. The summed E-state index contributed by atoms with van der Waals surface area (Å²) in [5.41, 5.74) is 0.617. The number of alkyl halides is 3. The average Bonchev–Trinajstić information content (AvgIpc) is 3.15. The molecule has 15 heteroatoms. The van der Waals surface area contributed by atoms with E-state index in [2.05, 4.69) is 35.3 Å². The maximum absolute atomic E-state index is 12.4. The molecule has 0 bridgehead atoms. The number of nitrogens with zero attached hydrogens (tertiary/aromatic N) is 4. The van der Waals surface area contributed by atoms with E-state index < -0.39 is 22.9 Å². The van der Waals surface area contributed by atoms with Crippen LogP contribution in [-0.4, -0.2) is 55.2 Å². The van der Waals surface area contributed by atoms with Crippen LogP contribution < -0.4 is 20.1 Å². The van der Waals surface area contributed by atoms with Crippen LogP contribution in [0.1, 0.15) is 17.8 Å². The molecule has 0 saturated carbocycles. The number of pyridine rings is 1. The number of hydrogen-bond donors (Lipinski definition) is 3. The molecule has 1 aliphatic heterocycles. The smallest absolute Gasteiger partial charge is 0.402 e. The van der Waals surface area contributed by atoms with Crippen molar-refractivity contribution in [3.63, 3.8) is 0 Å². The zero-order valence-corrected chi connectivity index (χ0v) is 20.7. The number of rotatable bonds is 8. The van der Waals surface area contributed by atoms with Gasteiger partial charge in [0, 0.05) is 24.8 Å². The fourth-order valence-electron chi connectivity index (χ4n) is 3.31. The number of piperidine rings is 1. The quantitative estimate of drug-likeness (QED) is 0.376. The Labute approximate surface area is 210 Å². The molecule has 1 aliphatic rings. The first-order valence-corrected chi connectivity index (χ1v) is 13.0. The first-order chi connectivity index (χ1) is 16.7. The maximum Gasteiger partial charge on any atom is 0.402 e. The highest BCUT2D eigenvalue weighted by Gasteiger charge is 2.31. The van der Waals surface area contributed by atoms with Crippen molar-refractivity contribution in [2.24, 2.45) is 0 Å². The van der Waals surface area contributed by atoms with Gasteiger partial charge in [0.25, 0.3) is 0 Å². The molecule has 0 radical (unpaired) electrons. The van der Waals surface area contributed by atoms with E-state index in [0.29, 0.717) is 16.5 Å². The van der Waals surface area contributed by atoms with E-state index in [4.69, 9.17) is 16.3 Å². The van der Waals surface area contributed by atoms with Crippen LogP contribution in [0.2, 0.25) is 5.02 Å². The number of ether oxygens (including phenoxy) is 1. The zero-order valence-electron chi connectivity index (χ0n) is 18.4. The molecule has 4 rings (SSSR count). The summed E-state index contributed by atoms with van der Waals surface area (Å²) in [5.74, 6) is -0.706. The van der Waals surface area contributed by atoms with Crippen LogP contribution in [0.25, 0.3) is 10.6 Å². The number of aryl methyl sites for hydroxylation is 1. The van der Waals surface area contributed by atoms with Crippen molar-refractivity contribution >= 4 is 45.7 Å². The van der Waals surface area contributed by atoms with E-state index in [0.717, 1.165) is 30.9 Å². The molecule has 9 nitrogen and oxygen atoms in total. The lowest BCUT2D eigenvalue weighted by atomic mass is 10.1. The van der Waals surface area contributed by atoms with Gasteiger partial charge in [0.15, 0.2) is 5.82 Å². The predicted octanol–water partition coefficient (Wildman–Crippen LogP) is 4.55. The number of thiazole rings is 1. The summed E-state index contributed by atoms with van der Waals surface area (Å²) < 4.78 is 56.9. The SMILES string of the molecule is Cc1nc(Oc2cnc(NS(=O)CC(F)(F)F)c(Cl)c2)c(-c2ccnc(NC3CCCNC3)n2)s1. The number of halogens is 4. The van der Waals surface area contributed by atoms with Gasteiger partial charge < -0.3 is 15.4 Å². The lowest BCUT2D eigenvalue weighted by molar-refractivity contribution is -0.105. The van der Waals surface area contributed by atoms with Crippen molar-refractivity contribution in [1.82, 2.24) is 25.3 Å². The van der Waals surface area contributed by atoms with Gasteiger partial charge in [0.2, 0.25) is 11.8 Å². The van der Waals surface area contributed by atoms with Crippen LogP contribution in [0.5, 0.6) is 11.6 Å². The van der Waals surface area contributed by atoms with E-state index in [9.17, 15) is 17.4 Å². The Kier molecular flexibility index (Phi) is 8.04. The minimum absolute atomic E-state index is 0.0545. The third-order valence-electron chi connectivity index (χ3n) is 4.76. The van der Waals surface area contributed by atoms with E-state index >= 15 is 0 Å². The highest BCUT2D eigenvalue weighted by molar-refractivity contribution is 7.86. The molecule has 1 fully saturated rings. The summed E-state index contributed by atoms with van der Waals surface area (Å²) >= 11 is 7.50. The second-order valence-electron chi connectivity index (χ2n) is 7.63. The lowest BCUT2D eigenvalue weighted by Crippen LogP contribution is -2.38. The molecule has 0 amide bonds. The predicted molar refractivity (Wildman–Crippen MR) is 129 cm³/mol. The van der Waals surface area contributed by atoms with Gasteiger partial charge in [0.05, 0.1) is 21.9 Å². The Morgan fingerprint density at radius 3 is 2.89 bits per heavy atom. The van der Waals surface area contributed by atoms with Gasteiger partial charge in [-0.3, -0.25) is 4.72 Å². The molecule has 2 unspecified atom stereocenters. The summed E-state index contributed by atoms with van der Waals surface area (Å²) in [6, 6.07) is 3.34. The molecule has 0 spiro atoms. The highest BCUT2D eigenvalue weighted by Crippen LogP contribution is 2.38. The van der Waals surface area contributed by atoms with Crippen LogP contribution in [0.15, 0.2) is 24.5 Å². The van der Waals surface area contributed by atoms with Crippen molar-refractivity contribution in [3.8, 4) is 22.2 Å². The standard InChI is InChI=1S/C20H21ClF3N7O2S2/c1-11-28-18(33-13-7-14(21)17(27-9-13)31-35(32)10-20(22,23)24)16(34-11)15-4-6-26-19(30-15)29-12-3-2-5-25-8-12/h4,6-7,9,12,25H,2-3,5,8,10H2,1H3,(H,27,31)(H,26,29,30). The zero-order chi connectivity index (χ0) is 25.0. The van der Waals surface area contributed by atoms with E-state index in [1.165, 1.54) is 23.6 Å². The van der Waals surface area contributed by atoms with Crippen molar-refractivity contribution in [2.45, 2.75) is 32.0 Å². The number of hydrogen-bond acceptors (Lipinski definition) is 9. The van der Waals surface area contributed by atoms with Gasteiger partial charge in [-0.15, -0.1) is 11.3 Å². The second kappa shape index (κ2) is 11.0. The van der Waals surface area contributed by atoms with Crippen LogP contribution in [-0.2, 0) is 11.0 Å². The van der Waals surface area contributed by atoms with Crippen molar-refractivity contribution < 1.29 is 22.1 Å². The van der Waals surface area contributed by atoms with Crippen molar-refractivity contribution in [1.29, 1.82) is 0 Å². The Morgan fingerprint density at radius 1 is 1.34 bits per heavy atom. The van der Waals surface area contributed by atoms with Gasteiger partial charge in [0.1, 0.15) is 27.4 Å². The summed E-state index contributed by atoms with van der Waals surface area (Å²) in [7, 11) is -2.42. The van der Waals surface area contributed by atoms with Gasteiger partial charge in [-0.1, -0.05) is 11.6 Å². The molecular formula is C20H21ClF3N7O2S2. The summed E-state index contributed by atoms with van der Waals surface area (Å²) in [4.78, 5) is 17.9. The Balaban J connectivity index is 1.49. The minimum atomic E-state index is -4.59. The van der Waals surface area contributed by atoms with Gasteiger partial charge in [-0.25, -0.2) is 24.1 Å². The van der Waals surface area contributed by atoms with E-state index in [1.807, 2.05) is 6.92 Å². The highest BCUT2D eigenvalue weighted by atomic mass is 35.5. The fraction of sp³-hybridized carbons (Fsp3) is 0.400. The van der Waals surface area contributed by atoms with Crippen molar-refractivity contribution in [2.75, 3.05) is 28.9 Å². The van der Waals surface area contributed by atoms with Crippen LogP contribution in [0.4, 0.5) is 24.9 Å². The third kappa shape index (κ3) is 7.22. The number of nitrogens with one attached hydrogen (secondary N) is 3. The van der Waals surface area contributed by atoms with Crippen molar-refractivity contribution in [3.05, 3.63) is 34.6 Å². The summed E-state index contributed by atoms with van der Waals surface area (Å²) in [5, 5.41) is 7.36. The molecular weight excluding hydrogens is 527 g/mol. The molecule has 3 aromatic heterocycles. The molecule has 3 N–H and O–H groups in total. The molecule has 3 aromatic rings. The monoisotopic (exact) mass is 547 g/mol. The normalized spacial score (nSPS) is 17.1. The molecule has 0 aliphatic carbocycles. The Hall–Kier alpha value is -2.55. The first-order valence-electron chi connectivity index (χ1n) is 10.5. The summed E-state index contributed by atoms with van der Waals surface area (Å²) in [6.45, 7) is 3.66. The average molecular weight is 548 g/mol. The number of anilines is 2. The second-order valence-corrected chi connectivity index (χ2v) is 10.4. The van der Waals surface area contributed by atoms with E-state index in [-0.39, 0.29) is 28.5 Å². The van der Waals surface area contributed by atoms with Gasteiger partial charge >= 0.3 is 6.18 Å². The van der Waals surface area contributed by atoms with E-state index in [1.54, 1.807) is 12.3 Å². The van der Waals surface area contributed by atoms with Gasteiger partial charge in [-0.2, -0.15) is 13.2 Å². The molecule has 188 valence electrons. The molecule has 1 saturated heterocycles. The largest absolute Gasteiger partial charge is 0.436 e. The van der Waals surface area contributed by atoms with Gasteiger partial charge in [-0.05, 0) is 32.4 Å². The number of aromatic nitrogens is 4. The first kappa shape index (κ1) is 25.5. The fourth-order valence-corrected chi connectivity index (χ4v) is 5.13. The summed E-state index contributed by atoms with van der Waals surface area (Å²) in [6.07, 6.45) is 0.416. The molecule has 0 aromatic carbocycles. The third-order valence-corrected chi connectivity index (χ3v) is 7.03. The Morgan fingerprint density at radius 2 is 2.17 bits per heavy atom. The maximum atomic E-state index is 12.4. The molecule has 2 atom stereocenters.